The topological polar surface area (TPSA) is 0 Å². The average Bonchev–Trinajstić information content (AvgIpc) is 0. The second kappa shape index (κ2) is 2450. The fourth-order valence-corrected chi connectivity index (χ4v) is 0. The van der Waals surface area contributed by atoms with E-state index >= 15 is 0 Å². The van der Waals surface area contributed by atoms with Crippen LogP contribution >= 0.6 is 1120 Å². The molecule has 0 N–H and O–H groups in total. The van der Waals surface area contributed by atoms with Crippen LogP contribution < -0.4 is 0 Å². The van der Waals surface area contributed by atoms with Gasteiger partial charge in [0.15, 0.2) is 0 Å². The van der Waals surface area contributed by atoms with E-state index in [0.29, 0.717) is 0 Å². The predicted molar refractivity (Wildman–Crippen MR) is 741 cm³/mol. The second-order valence-electron chi connectivity index (χ2n) is 0. The number of hydrogen-bond donors (Lipinski definition) is 0. The lowest BCUT2D eigenvalue weighted by Crippen LogP contribution is 0.0810. The van der Waals surface area contributed by atoms with Crippen LogP contribution in [0, 0.1) is 7.43 Å². The van der Waals surface area contributed by atoms with Crippen molar-refractivity contribution in [3.8, 4) is 0 Å². The van der Waals surface area contributed by atoms with Crippen LogP contribution in [0.4, 0.5) is 0 Å². The summed E-state index contributed by atoms with van der Waals surface area (Å²) >= 11 is 0. The average molecular weight is 2930 g/mol. The summed E-state index contributed by atoms with van der Waals surface area (Å²) in [5, 5.41) is 0. The van der Waals surface area contributed by atoms with E-state index in [-0.39, 0.29) is 1250 Å². The van der Waals surface area contributed by atoms with E-state index in [4.69, 9.17) is 0 Å². The predicted octanol–water partition coefficient (Wildman–Crippen LogP) is 64.1. The van der Waals surface area contributed by atoms with Crippen LogP contribution in [0.5, 0.6) is 0 Å². The van der Waals surface area contributed by atoms with Crippen LogP contribution in [-0.4, -0.2) is 0 Å². The van der Waals surface area contributed by atoms with Gasteiger partial charge in [-0.05, 0) is 0 Å². The summed E-state index contributed by atoms with van der Waals surface area (Å²) in [6.45, 7) is 0. The van der Waals surface area contributed by atoms with Gasteiger partial charge in [0.25, 0.3) is 0 Å². The van der Waals surface area contributed by atoms with Crippen molar-refractivity contribution in [1.29, 1.82) is 0 Å². The van der Waals surface area contributed by atoms with Crippen molar-refractivity contribution in [3.05, 3.63) is 7.43 Å². The van der Waals surface area contributed by atoms with E-state index in [1.807, 2.05) is 0 Å². The van der Waals surface area contributed by atoms with Gasteiger partial charge in [-0.25, -0.2) is 0 Å². The quantitative estimate of drug-likeness (QED) is 0.227. The first-order valence-electron chi connectivity index (χ1n) is 0. The Labute approximate surface area is 1220 Å². The largest absolute Gasteiger partial charge is 0.0776 e. The smallest absolute Gasteiger partial charge is 0 e. The van der Waals surface area contributed by atoms with Gasteiger partial charge in [-0.1, -0.05) is 119 Å². The first-order valence-corrected chi connectivity index (χ1v) is 0. The maximum Gasteiger partial charge on any atom is 0 e. The minimum Gasteiger partial charge on any atom is -0.0776 e. The van der Waals surface area contributed by atoms with Gasteiger partial charge in [-0.2, -0.15) is 0 Å². The molecule has 0 aliphatic carbocycles. The van der Waals surface area contributed by atoms with Crippen molar-refractivity contribution in [2.45, 2.75) is 119 Å². The van der Waals surface area contributed by atoms with Gasteiger partial charge in [0.05, 0.1) is 0 Å². The second-order valence-corrected chi connectivity index (χ2v) is 0. The zero-order valence-electron chi connectivity index (χ0n) is 34.4. The first-order chi connectivity index (χ1) is 0. The first kappa shape index (κ1) is 2510. The minimum atomic E-state index is 0. The Morgan fingerprint density at radius 2 is 0.0300 bits per heavy atom. The van der Waals surface area contributed by atoms with Crippen molar-refractivity contribution in [3.63, 3.8) is 0 Å². The van der Waals surface area contributed by atoms with Crippen LogP contribution in [0.3, 0.4) is 0 Å². The highest BCUT2D eigenvalue weighted by molar-refractivity contribution is 7.67. The molecule has 0 spiro atoms. The fraction of sp³-hybridized carbons (Fsp3) is 0.941. The van der Waals surface area contributed by atoms with Crippen LogP contribution in [0.1, 0.15) is 119 Å². The Kier molecular flexibility index (Phi) is 61400. The Morgan fingerprint density at radius 1 is 0.0300 bits per heavy atom. The summed E-state index contributed by atoms with van der Waals surface area (Å²) in [5.41, 5.74) is 0. The summed E-state index contributed by atoms with van der Waals surface area (Å²) in [4.78, 5) is 0. The van der Waals surface area contributed by atoms with Gasteiger partial charge in [0, 0.05) is 1130 Å². The highest BCUT2D eigenvalue weighted by Crippen LogP contribution is 0.733. The third-order valence-electron chi connectivity index (χ3n) is 0. The maximum atomic E-state index is 0. The Morgan fingerprint density at radius 3 is 0.0300 bits per heavy atom. The van der Waals surface area contributed by atoms with Gasteiger partial charge in [0.2, 0.25) is 0 Å². The van der Waals surface area contributed by atoms with Crippen molar-refractivity contribution in [2.75, 3.05) is 0 Å². The molecule has 0 rings (SSSR count). The molecule has 630 valence electrons. The van der Waals surface area contributed by atoms with Crippen molar-refractivity contribution in [1.82, 2.24) is 0 Å². The van der Waals surface area contributed by atoms with Gasteiger partial charge in [0.1, 0.15) is 0 Å². The minimum absolute atomic E-state index is 0. The van der Waals surface area contributed by atoms with E-state index in [1.165, 1.54) is 0 Å². The molecule has 0 atom stereocenters. The molecule has 0 aliphatic rings. The molecule has 100 heavy (non-hydrogen) atoms. The molecule has 0 saturated heterocycles. The van der Waals surface area contributed by atoms with Gasteiger partial charge in [-0.3, -0.25) is 0 Å². The van der Waals surface area contributed by atoms with Crippen molar-refractivity contribution < 1.29 is 0 Å². The molecule has 0 nitrogen and oxygen atoms in total. The van der Waals surface area contributed by atoms with E-state index in [9.17, 15) is 0 Å². The van der Waals surface area contributed by atoms with Gasteiger partial charge in [-0.15, -0.1) is 0 Å². The fourth-order valence-electron chi connectivity index (χ4n) is 0. The van der Waals surface area contributed by atoms with Gasteiger partial charge >= 0.3 is 0 Å². The molecular formula is C17H64S83. The molecule has 0 aliphatic heterocycles. The molecule has 0 unspecified atom stereocenters. The van der Waals surface area contributed by atoms with E-state index in [1.54, 1.807) is 0 Å². The molecule has 0 heterocycles. The highest BCUT2D eigenvalue weighted by Gasteiger charge is 0.0917. The van der Waals surface area contributed by atoms with Crippen molar-refractivity contribution >= 4 is 1120 Å². The summed E-state index contributed by atoms with van der Waals surface area (Å²) in [5.74, 6) is 0. The molecule has 0 amide bonds. The van der Waals surface area contributed by atoms with E-state index in [2.05, 4.69) is 0 Å². The maximum absolute atomic E-state index is 0. The zero-order chi connectivity index (χ0) is 0. The van der Waals surface area contributed by atoms with E-state index in [0.717, 1.165) is 0 Å². The normalized spacial score (nSPS) is 0. The van der Waals surface area contributed by atoms with Crippen LogP contribution in [0.25, 0.3) is 0 Å². The van der Waals surface area contributed by atoms with Crippen LogP contribution in [-0.2, 0) is 0 Å². The Bertz CT molecular complexity index is 65.8. The molecule has 0 saturated carbocycles. The molecule has 0 aromatic carbocycles. The third-order valence-corrected chi connectivity index (χ3v) is 0. The SMILES string of the molecule is C.C.C.C.C.C.C.C.C.C.C.C.C.C.C.C.[C].[S].[S].[S].[S].[S].[S].[S].[S].[S].[S].[S].[S].[S].[S].[S].[S].[S].[S].[S].[S].[S].[S].[S].[S].[S].[S].[S].[S].[S].[S].[S].[S].[S].[S].[S].[S].[S].[S].[S].[S].[S].[S].[S].[S].[S].[S].[S].[S].[S].[S].[S].[S].[S].[S].[S].[S].[S].[S].[S].[S].[S].[S].[S].[S].[S].[S].[S].[S].[S].[S].[S].[S].[S].[S].[S].[S].[S].[S].[S].[S].[S].[S].[S]. The molecular weight excluding hydrogens is 2870 g/mol. The zero-order valence-corrected chi connectivity index (χ0v) is 102. The van der Waals surface area contributed by atoms with Crippen molar-refractivity contribution in [2.24, 2.45) is 0 Å². The molecule has 83 heteroatoms. The Balaban J connectivity index is 0. The highest BCUT2D eigenvalue weighted by atomic mass is 32.1. The number of rotatable bonds is 0. The monoisotopic (exact) mass is 2920 g/mol. The summed E-state index contributed by atoms with van der Waals surface area (Å²) in [6.07, 6.45) is 0. The summed E-state index contributed by atoms with van der Waals surface area (Å²) in [6, 6.07) is 0. The molecule has 0 bridgehead atoms. The lowest BCUT2D eigenvalue weighted by Gasteiger charge is -0.0786. The third kappa shape index (κ3) is 2390. The lowest BCUT2D eigenvalue weighted by molar-refractivity contribution is 2.50. The lowest BCUT2D eigenvalue weighted by atomic mass is 12.0. The summed E-state index contributed by atoms with van der Waals surface area (Å²) in [7, 11) is 0. The molecule has 170 radical (unpaired) electrons. The Hall–Kier alpha value is 29.1. The molecule has 0 aromatic heterocycles. The van der Waals surface area contributed by atoms with Gasteiger partial charge < -0.3 is 0 Å². The molecule has 0 aromatic rings. The van der Waals surface area contributed by atoms with E-state index < -0.39 is 0 Å². The number of hydrogen-bond acceptors (Lipinski definition) is 0. The molecule has 0 fully saturated rings. The van der Waals surface area contributed by atoms with Crippen LogP contribution in [0.15, 0.2) is 0 Å². The standard InChI is InChI=1S/16CH4.C.83S/h16*1H4;;;;;;;;;;;;;;;;;;;;;;;;;;;;;;;;;;;;;;;;;;;;;;;;;;;;;;;;;;;;;;;;;;;;;;;;;;;;;;;;;;;;. The van der Waals surface area contributed by atoms with Crippen LogP contribution in [0.2, 0.25) is 0 Å². The summed E-state index contributed by atoms with van der Waals surface area (Å²) < 4.78 is 0.